The molecule has 6 atom stereocenters. The molecule has 2 saturated heterocycles. The fourth-order valence-corrected chi connectivity index (χ4v) is 6.69. The van der Waals surface area contributed by atoms with Gasteiger partial charge in [0.2, 0.25) is 0 Å². The minimum Gasteiger partial charge on any atom is -0.464 e. The molecule has 284 valence electrons. The van der Waals surface area contributed by atoms with Crippen LogP contribution < -0.4 is 0 Å². The van der Waals surface area contributed by atoms with Crippen LogP contribution in [0.4, 0.5) is 22.0 Å². The Morgan fingerprint density at radius 2 is 1.78 bits per heavy atom. The van der Waals surface area contributed by atoms with Crippen LogP contribution in [0, 0.1) is 18.6 Å². The lowest BCUT2D eigenvalue weighted by Gasteiger charge is -2.49. The van der Waals surface area contributed by atoms with Crippen LogP contribution in [0.3, 0.4) is 0 Å². The SMILES string of the molecule is CCOC(=O)CO[C@@H]1[C@@H](n2cc(-c3cc(F)c(Cl)c(F)c3)nn2)[C@H]2OC(c3ccccc3)OC[C@H]2O[C@H]1c1nc(C)nn1-c1cc(Cl)ccc1C(F)(F)F. The average Bonchev–Trinajstić information content (AvgIpc) is 3.79. The molecule has 5 aromatic rings. The Kier molecular flexibility index (Phi) is 10.7. The van der Waals surface area contributed by atoms with Crippen molar-refractivity contribution in [3.8, 4) is 16.9 Å². The van der Waals surface area contributed by atoms with Gasteiger partial charge in [-0.2, -0.15) is 18.3 Å². The average molecular weight is 796 g/mol. The first-order valence-electron chi connectivity index (χ1n) is 16.4. The monoisotopic (exact) mass is 794 g/mol. The van der Waals surface area contributed by atoms with Gasteiger partial charge in [0.1, 0.15) is 65.2 Å². The Labute approximate surface area is 313 Å². The van der Waals surface area contributed by atoms with Crippen molar-refractivity contribution in [2.24, 2.45) is 0 Å². The summed E-state index contributed by atoms with van der Waals surface area (Å²) in [5, 5.41) is 12.0. The highest BCUT2D eigenvalue weighted by Gasteiger charge is 2.54. The van der Waals surface area contributed by atoms with Crippen LogP contribution in [0.15, 0.2) is 66.9 Å². The standard InChI is InChI=1S/C35H29Cl2F5N6O6/c1-3-50-27(49)16-51-31-29(47-14-24(44-46-47)19-11-22(38)28(37)23(39)12-19)30-26(15-52-34(54-30)18-7-5-4-6-8-18)53-32(31)33-43-17(2)45-48(33)25-13-20(36)9-10-21(25)35(40,41)42/h4-14,26,29-32,34H,3,15-16H2,1-2H3/t26-,29+,30+,31-,32-,34?/m1/s1. The van der Waals surface area contributed by atoms with Crippen LogP contribution >= 0.6 is 23.2 Å². The number of hydrogen-bond acceptors (Lipinski definition) is 10. The highest BCUT2D eigenvalue weighted by atomic mass is 35.5. The van der Waals surface area contributed by atoms with Gasteiger partial charge in [0.25, 0.3) is 0 Å². The molecule has 7 rings (SSSR count). The van der Waals surface area contributed by atoms with Gasteiger partial charge in [-0.15, -0.1) is 5.10 Å². The normalized spacial score (nSPS) is 22.9. The van der Waals surface area contributed by atoms with Crippen LogP contribution in [0.5, 0.6) is 0 Å². The smallest absolute Gasteiger partial charge is 0.418 e. The van der Waals surface area contributed by atoms with Gasteiger partial charge in [-0.25, -0.2) is 27.9 Å². The molecule has 0 aliphatic carbocycles. The van der Waals surface area contributed by atoms with E-state index < -0.39 is 83.4 Å². The fourth-order valence-electron chi connectivity index (χ4n) is 6.41. The molecule has 12 nitrogen and oxygen atoms in total. The van der Waals surface area contributed by atoms with Gasteiger partial charge in [0, 0.05) is 16.1 Å². The minimum absolute atomic E-state index is 0.00383. The third-order valence-electron chi connectivity index (χ3n) is 8.70. The molecule has 0 spiro atoms. The first kappa shape index (κ1) is 37.8. The number of carbonyl (C=O) groups is 1. The summed E-state index contributed by atoms with van der Waals surface area (Å²) in [5.41, 5.74) is -0.843. The number of aryl methyl sites for hydroxylation is 1. The second kappa shape index (κ2) is 15.3. The van der Waals surface area contributed by atoms with E-state index in [-0.39, 0.29) is 41.1 Å². The predicted molar refractivity (Wildman–Crippen MR) is 180 cm³/mol. The van der Waals surface area contributed by atoms with E-state index in [1.54, 1.807) is 31.2 Å². The largest absolute Gasteiger partial charge is 0.464 e. The van der Waals surface area contributed by atoms with Crippen molar-refractivity contribution in [1.82, 2.24) is 29.8 Å². The lowest BCUT2D eigenvalue weighted by Crippen LogP contribution is -2.58. The van der Waals surface area contributed by atoms with E-state index in [2.05, 4.69) is 20.4 Å². The summed E-state index contributed by atoms with van der Waals surface area (Å²) >= 11 is 11.9. The fraction of sp³-hybridized carbons (Fsp3) is 0.343. The molecule has 54 heavy (non-hydrogen) atoms. The summed E-state index contributed by atoms with van der Waals surface area (Å²) < 4.78 is 105. The molecule has 1 unspecified atom stereocenters. The zero-order valence-electron chi connectivity index (χ0n) is 28.2. The molecule has 2 aromatic heterocycles. The van der Waals surface area contributed by atoms with E-state index in [0.717, 1.165) is 35.0 Å². The highest BCUT2D eigenvalue weighted by molar-refractivity contribution is 6.31. The molecule has 0 N–H and O–H groups in total. The van der Waals surface area contributed by atoms with Crippen molar-refractivity contribution in [1.29, 1.82) is 0 Å². The van der Waals surface area contributed by atoms with E-state index in [4.69, 9.17) is 46.9 Å². The molecule has 0 saturated carbocycles. The number of rotatable bonds is 9. The molecule has 2 fully saturated rings. The number of fused-ring (bicyclic) bond motifs is 1. The first-order valence-corrected chi connectivity index (χ1v) is 17.2. The van der Waals surface area contributed by atoms with Gasteiger partial charge >= 0.3 is 12.1 Å². The van der Waals surface area contributed by atoms with Crippen molar-refractivity contribution in [3.05, 3.63) is 111 Å². The first-order chi connectivity index (χ1) is 25.8. The van der Waals surface area contributed by atoms with Crippen LogP contribution in [0.25, 0.3) is 16.9 Å². The Balaban J connectivity index is 1.38. The van der Waals surface area contributed by atoms with Gasteiger partial charge in [-0.3, -0.25) is 0 Å². The third-order valence-corrected chi connectivity index (χ3v) is 9.30. The molecule has 2 aliphatic heterocycles. The molecule has 0 amide bonds. The summed E-state index contributed by atoms with van der Waals surface area (Å²) in [5.74, 6) is -2.90. The number of carbonyl (C=O) groups excluding carboxylic acids is 1. The number of halogens is 7. The van der Waals surface area contributed by atoms with Crippen LogP contribution in [-0.4, -0.2) is 73.9 Å². The zero-order valence-corrected chi connectivity index (χ0v) is 29.7. The molecule has 4 heterocycles. The summed E-state index contributed by atoms with van der Waals surface area (Å²) in [4.78, 5) is 17.2. The molecular weight excluding hydrogens is 766 g/mol. The van der Waals surface area contributed by atoms with E-state index in [1.807, 2.05) is 6.07 Å². The molecule has 3 aromatic carbocycles. The summed E-state index contributed by atoms with van der Waals surface area (Å²) in [6.07, 6.45) is -9.04. The predicted octanol–water partition coefficient (Wildman–Crippen LogP) is 7.18. The molecule has 2 aliphatic rings. The van der Waals surface area contributed by atoms with Crippen LogP contribution in [0.1, 0.15) is 48.1 Å². The van der Waals surface area contributed by atoms with Gasteiger partial charge < -0.3 is 23.7 Å². The number of aromatic nitrogens is 6. The maximum absolute atomic E-state index is 14.5. The topological polar surface area (TPSA) is 125 Å². The molecular formula is C35H29Cl2F5N6O6. The van der Waals surface area contributed by atoms with Crippen molar-refractivity contribution >= 4 is 29.2 Å². The number of benzene rings is 3. The number of hydrogen-bond donors (Lipinski definition) is 0. The van der Waals surface area contributed by atoms with Gasteiger partial charge in [0.05, 0.1) is 30.7 Å². The van der Waals surface area contributed by atoms with E-state index in [0.29, 0.717) is 5.56 Å². The summed E-state index contributed by atoms with van der Waals surface area (Å²) in [6, 6.07) is 12.8. The zero-order chi connectivity index (χ0) is 38.3. The van der Waals surface area contributed by atoms with E-state index in [9.17, 15) is 26.7 Å². The quantitative estimate of drug-likeness (QED) is 0.0861. The van der Waals surface area contributed by atoms with E-state index >= 15 is 0 Å². The maximum atomic E-state index is 14.5. The summed E-state index contributed by atoms with van der Waals surface area (Å²) in [7, 11) is 0. The van der Waals surface area contributed by atoms with Crippen LogP contribution in [0.2, 0.25) is 10.0 Å². The van der Waals surface area contributed by atoms with Crippen LogP contribution in [-0.2, 0) is 34.7 Å². The van der Waals surface area contributed by atoms with Gasteiger partial charge in [-0.05, 0) is 44.2 Å². The van der Waals surface area contributed by atoms with Crippen molar-refractivity contribution in [2.45, 2.75) is 56.8 Å². The number of nitrogens with zero attached hydrogens (tertiary/aromatic N) is 6. The second-order valence-corrected chi connectivity index (χ2v) is 13.1. The van der Waals surface area contributed by atoms with E-state index in [1.165, 1.54) is 17.8 Å². The minimum atomic E-state index is -4.83. The Morgan fingerprint density at radius 3 is 2.48 bits per heavy atom. The Bertz CT molecular complexity index is 2130. The van der Waals surface area contributed by atoms with Gasteiger partial charge in [0.15, 0.2) is 12.1 Å². The Hall–Kier alpha value is -4.52. The summed E-state index contributed by atoms with van der Waals surface area (Å²) in [6.45, 7) is 2.38. The number of ether oxygens (including phenoxy) is 5. The van der Waals surface area contributed by atoms with Gasteiger partial charge in [-0.1, -0.05) is 58.7 Å². The maximum Gasteiger partial charge on any atom is 0.418 e. The number of alkyl halides is 3. The van der Waals surface area contributed by atoms with Crippen molar-refractivity contribution < 1.29 is 50.4 Å². The highest BCUT2D eigenvalue weighted by Crippen LogP contribution is 2.46. The Morgan fingerprint density at radius 1 is 1.04 bits per heavy atom. The number of esters is 1. The van der Waals surface area contributed by atoms with Crippen molar-refractivity contribution in [3.63, 3.8) is 0 Å². The lowest BCUT2D eigenvalue weighted by atomic mass is 9.90. The molecule has 0 bridgehead atoms. The third kappa shape index (κ3) is 7.56. The molecule has 0 radical (unpaired) electrons. The molecule has 19 heteroatoms. The van der Waals surface area contributed by atoms with Crippen molar-refractivity contribution in [2.75, 3.05) is 19.8 Å². The lowest BCUT2D eigenvalue weighted by molar-refractivity contribution is -0.322. The second-order valence-electron chi connectivity index (χ2n) is 12.3.